The van der Waals surface area contributed by atoms with Gasteiger partial charge >= 0.3 is 18.3 Å². The molecule has 0 aliphatic rings. The first kappa shape index (κ1) is 22.7. The second-order valence-corrected chi connectivity index (χ2v) is 7.03. The van der Waals surface area contributed by atoms with Crippen molar-refractivity contribution in [3.05, 3.63) is 70.4 Å². The Kier molecular flexibility index (Phi) is 6.04. The van der Waals surface area contributed by atoms with Crippen LogP contribution >= 0.6 is 11.6 Å². The van der Waals surface area contributed by atoms with Gasteiger partial charge in [-0.2, -0.15) is 31.4 Å². The summed E-state index contributed by atoms with van der Waals surface area (Å²) >= 11 is 5.84. The highest BCUT2D eigenvalue weighted by atomic mass is 35.5. The molecule has 0 spiro atoms. The first-order valence-electron chi connectivity index (χ1n) is 8.71. The van der Waals surface area contributed by atoms with Gasteiger partial charge in [0.15, 0.2) is 0 Å². The van der Waals surface area contributed by atoms with Crippen molar-refractivity contribution >= 4 is 17.6 Å². The summed E-state index contributed by atoms with van der Waals surface area (Å²) in [6, 6.07) is 8.43. The Morgan fingerprint density at radius 1 is 0.935 bits per heavy atom. The first-order valence-corrected chi connectivity index (χ1v) is 9.09. The Morgan fingerprint density at radius 3 is 1.97 bits per heavy atom. The second kappa shape index (κ2) is 8.26. The highest BCUT2D eigenvalue weighted by Gasteiger charge is 2.37. The number of carboxylic acid groups (broad SMARTS) is 1. The number of aliphatic carboxylic acids is 1. The molecule has 0 aliphatic carbocycles. The molecule has 164 valence electrons. The summed E-state index contributed by atoms with van der Waals surface area (Å²) in [5, 5.41) is 13.4. The van der Waals surface area contributed by atoms with E-state index in [1.165, 1.54) is 30.3 Å². The van der Waals surface area contributed by atoms with Crippen LogP contribution in [-0.2, 0) is 23.6 Å². The van der Waals surface area contributed by atoms with Gasteiger partial charge in [0.05, 0.1) is 34.6 Å². The van der Waals surface area contributed by atoms with Crippen molar-refractivity contribution in [3.8, 4) is 16.9 Å². The molecule has 0 bridgehead atoms. The number of aryl methyl sites for hydroxylation is 1. The summed E-state index contributed by atoms with van der Waals surface area (Å²) in [7, 11) is 0. The van der Waals surface area contributed by atoms with Crippen LogP contribution in [-0.4, -0.2) is 20.9 Å². The molecule has 4 nitrogen and oxygen atoms in total. The van der Waals surface area contributed by atoms with Crippen LogP contribution in [0.3, 0.4) is 0 Å². The summed E-state index contributed by atoms with van der Waals surface area (Å²) in [5.74, 6) is -1.12. The van der Waals surface area contributed by atoms with Crippen LogP contribution in [0.4, 0.5) is 26.3 Å². The number of aromatic nitrogens is 2. The van der Waals surface area contributed by atoms with E-state index in [9.17, 15) is 31.1 Å². The number of nitrogens with zero attached hydrogens (tertiary/aromatic N) is 2. The van der Waals surface area contributed by atoms with E-state index in [1.807, 2.05) is 0 Å². The smallest absolute Gasteiger partial charge is 0.416 e. The molecule has 0 aliphatic heterocycles. The lowest BCUT2D eigenvalue weighted by atomic mass is 10.0. The predicted octanol–water partition coefficient (Wildman–Crippen LogP) is 6.25. The molecule has 0 fully saturated rings. The lowest BCUT2D eigenvalue weighted by Crippen LogP contribution is -2.11. The number of halogens is 7. The fraction of sp³-hybridized carbons (Fsp3) is 0.200. The topological polar surface area (TPSA) is 55.1 Å². The summed E-state index contributed by atoms with van der Waals surface area (Å²) in [6.45, 7) is 0. The van der Waals surface area contributed by atoms with Gasteiger partial charge in [-0.3, -0.25) is 4.79 Å². The molecular formula is C20H13ClF6N2O2. The van der Waals surface area contributed by atoms with Crippen LogP contribution in [0.25, 0.3) is 16.9 Å². The van der Waals surface area contributed by atoms with Gasteiger partial charge in [-0.25, -0.2) is 4.68 Å². The minimum atomic E-state index is -5.01. The molecule has 2 aromatic carbocycles. The molecule has 1 N–H and O–H groups in total. The average Bonchev–Trinajstić information content (AvgIpc) is 3.09. The predicted molar refractivity (Wildman–Crippen MR) is 100.0 cm³/mol. The molecule has 1 aromatic heterocycles. The number of hydrogen-bond donors (Lipinski definition) is 1. The Bertz CT molecular complexity index is 1070. The van der Waals surface area contributed by atoms with E-state index in [1.54, 1.807) is 0 Å². The van der Waals surface area contributed by atoms with E-state index >= 15 is 0 Å². The van der Waals surface area contributed by atoms with Gasteiger partial charge < -0.3 is 5.11 Å². The van der Waals surface area contributed by atoms with Crippen molar-refractivity contribution in [2.45, 2.75) is 25.2 Å². The van der Waals surface area contributed by atoms with Gasteiger partial charge in [-0.05, 0) is 48.5 Å². The van der Waals surface area contributed by atoms with Crippen molar-refractivity contribution in [1.82, 2.24) is 9.78 Å². The number of rotatable bonds is 5. The van der Waals surface area contributed by atoms with E-state index in [4.69, 9.17) is 16.7 Å². The lowest BCUT2D eigenvalue weighted by molar-refractivity contribution is -0.143. The third-order valence-electron chi connectivity index (χ3n) is 4.31. The van der Waals surface area contributed by atoms with Crippen LogP contribution in [0.5, 0.6) is 0 Å². The SMILES string of the molecule is O=C(O)CCc1cc(-c2cc(C(F)(F)F)cc(C(F)(F)F)c2)n(-c2ccc(Cl)cc2)n1. The number of carbonyl (C=O) groups is 1. The summed E-state index contributed by atoms with van der Waals surface area (Å²) < 4.78 is 80.7. The molecule has 1 heterocycles. The molecule has 0 saturated heterocycles. The Hall–Kier alpha value is -3.01. The average molecular weight is 463 g/mol. The first-order chi connectivity index (χ1) is 14.3. The molecule has 0 atom stereocenters. The fourth-order valence-corrected chi connectivity index (χ4v) is 3.00. The quantitative estimate of drug-likeness (QED) is 0.456. The van der Waals surface area contributed by atoms with E-state index < -0.39 is 29.4 Å². The van der Waals surface area contributed by atoms with Crippen molar-refractivity contribution in [2.24, 2.45) is 0 Å². The fourth-order valence-electron chi connectivity index (χ4n) is 2.87. The number of alkyl halides is 6. The molecule has 0 radical (unpaired) electrons. The molecule has 0 saturated carbocycles. The van der Waals surface area contributed by atoms with Crippen LogP contribution < -0.4 is 0 Å². The van der Waals surface area contributed by atoms with E-state index in [-0.39, 0.29) is 35.9 Å². The summed E-state index contributed by atoms with van der Waals surface area (Å²) in [6.07, 6.45) is -10.4. The monoisotopic (exact) mass is 462 g/mol. The van der Waals surface area contributed by atoms with E-state index in [2.05, 4.69) is 5.10 Å². The van der Waals surface area contributed by atoms with Gasteiger partial charge in [0.1, 0.15) is 0 Å². The Morgan fingerprint density at radius 2 is 1.48 bits per heavy atom. The van der Waals surface area contributed by atoms with Crippen LogP contribution in [0, 0.1) is 0 Å². The standard InChI is InChI=1S/C20H13ClF6N2O2/c21-14-1-4-16(5-2-14)29-17(10-15(28-29)3-6-18(30)31)11-7-12(19(22,23)24)9-13(8-11)20(25,26)27/h1-2,4-5,7-10H,3,6H2,(H,30,31). The van der Waals surface area contributed by atoms with Crippen LogP contribution in [0.1, 0.15) is 23.2 Å². The maximum Gasteiger partial charge on any atom is 0.416 e. The Balaban J connectivity index is 2.22. The zero-order valence-electron chi connectivity index (χ0n) is 15.4. The lowest BCUT2D eigenvalue weighted by Gasteiger charge is -2.15. The molecular weight excluding hydrogens is 450 g/mol. The zero-order valence-corrected chi connectivity index (χ0v) is 16.2. The van der Waals surface area contributed by atoms with Gasteiger partial charge in [0, 0.05) is 17.0 Å². The number of hydrogen-bond acceptors (Lipinski definition) is 2. The van der Waals surface area contributed by atoms with Gasteiger partial charge in [-0.1, -0.05) is 11.6 Å². The highest BCUT2D eigenvalue weighted by Crippen LogP contribution is 2.39. The van der Waals surface area contributed by atoms with Crippen molar-refractivity contribution in [2.75, 3.05) is 0 Å². The summed E-state index contributed by atoms with van der Waals surface area (Å²) in [4.78, 5) is 10.9. The van der Waals surface area contributed by atoms with Gasteiger partial charge in [0.2, 0.25) is 0 Å². The van der Waals surface area contributed by atoms with E-state index in [0.29, 0.717) is 22.8 Å². The molecule has 3 aromatic rings. The minimum Gasteiger partial charge on any atom is -0.481 e. The molecule has 0 amide bonds. The van der Waals surface area contributed by atoms with Crippen LogP contribution in [0.2, 0.25) is 5.02 Å². The highest BCUT2D eigenvalue weighted by molar-refractivity contribution is 6.30. The third-order valence-corrected chi connectivity index (χ3v) is 4.56. The maximum absolute atomic E-state index is 13.3. The zero-order chi connectivity index (χ0) is 23.0. The molecule has 3 rings (SSSR count). The maximum atomic E-state index is 13.3. The van der Waals surface area contributed by atoms with E-state index in [0.717, 1.165) is 4.68 Å². The third kappa shape index (κ3) is 5.38. The number of benzene rings is 2. The van der Waals surface area contributed by atoms with Crippen molar-refractivity contribution in [3.63, 3.8) is 0 Å². The second-order valence-electron chi connectivity index (χ2n) is 6.60. The Labute approximate surface area is 176 Å². The van der Waals surface area contributed by atoms with Crippen molar-refractivity contribution in [1.29, 1.82) is 0 Å². The van der Waals surface area contributed by atoms with Gasteiger partial charge in [0.25, 0.3) is 0 Å². The van der Waals surface area contributed by atoms with Crippen molar-refractivity contribution < 1.29 is 36.2 Å². The van der Waals surface area contributed by atoms with Crippen LogP contribution in [0.15, 0.2) is 48.5 Å². The summed E-state index contributed by atoms with van der Waals surface area (Å²) in [5.41, 5.74) is -2.84. The minimum absolute atomic E-state index is 0.0395. The normalized spacial score (nSPS) is 12.2. The largest absolute Gasteiger partial charge is 0.481 e. The van der Waals surface area contributed by atoms with Gasteiger partial charge in [-0.15, -0.1) is 0 Å². The molecule has 11 heteroatoms. The number of carboxylic acids is 1. The molecule has 0 unspecified atom stereocenters. The molecule has 31 heavy (non-hydrogen) atoms.